The molecule has 0 aromatic heterocycles. The highest BCUT2D eigenvalue weighted by molar-refractivity contribution is 5.96. The van der Waals surface area contributed by atoms with Crippen molar-refractivity contribution in [1.29, 1.82) is 0 Å². The Labute approximate surface area is 108 Å². The molecule has 0 radical (unpaired) electrons. The normalized spacial score (nSPS) is 16.3. The summed E-state index contributed by atoms with van der Waals surface area (Å²) in [6.45, 7) is 1.97. The molecule has 1 aliphatic carbocycles. The number of carbonyl (C=O) groups excluding carboxylic acids is 1. The first-order valence-electron chi connectivity index (χ1n) is 6.70. The van der Waals surface area contributed by atoms with E-state index in [-0.39, 0.29) is 11.8 Å². The van der Waals surface area contributed by atoms with Gasteiger partial charge in [-0.3, -0.25) is 4.79 Å². The Bertz CT molecular complexity index is 393. The fraction of sp³-hybridized carbons (Fsp3) is 0.533. The molecule has 0 amide bonds. The van der Waals surface area contributed by atoms with Gasteiger partial charge in [0.05, 0.1) is 6.10 Å². The van der Waals surface area contributed by atoms with Crippen molar-refractivity contribution in [2.24, 2.45) is 5.73 Å². The molecule has 1 aromatic carbocycles. The molecule has 0 heterocycles. The number of nitrogens with two attached hydrogens (primary N) is 1. The average molecular weight is 247 g/mol. The standard InChI is InChI=1S/C15H21NO2/c1-11(16)3-2-4-15(17)12-5-7-13(8-6-12)18-14-9-10-14/h5-8,11,14H,2-4,9-10,16H2,1H3. The van der Waals surface area contributed by atoms with E-state index in [4.69, 9.17) is 10.5 Å². The van der Waals surface area contributed by atoms with Crippen molar-refractivity contribution < 1.29 is 9.53 Å². The molecule has 0 aliphatic heterocycles. The molecule has 1 unspecified atom stereocenters. The SMILES string of the molecule is CC(N)CCCC(=O)c1ccc(OC2CC2)cc1. The quantitative estimate of drug-likeness (QED) is 0.754. The zero-order chi connectivity index (χ0) is 13.0. The van der Waals surface area contributed by atoms with Crippen LogP contribution in [-0.2, 0) is 0 Å². The summed E-state index contributed by atoms with van der Waals surface area (Å²) < 4.78 is 5.64. The monoisotopic (exact) mass is 247 g/mol. The zero-order valence-electron chi connectivity index (χ0n) is 10.9. The van der Waals surface area contributed by atoms with Crippen LogP contribution in [0.4, 0.5) is 0 Å². The van der Waals surface area contributed by atoms with Crippen molar-refractivity contribution in [3.05, 3.63) is 29.8 Å². The van der Waals surface area contributed by atoms with E-state index in [9.17, 15) is 4.79 Å². The number of hydrogen-bond donors (Lipinski definition) is 1. The van der Waals surface area contributed by atoms with Gasteiger partial charge in [-0.05, 0) is 56.9 Å². The van der Waals surface area contributed by atoms with Crippen molar-refractivity contribution in [2.45, 2.75) is 51.2 Å². The zero-order valence-corrected chi connectivity index (χ0v) is 10.9. The molecule has 1 aromatic rings. The van der Waals surface area contributed by atoms with Crippen LogP contribution in [0.2, 0.25) is 0 Å². The van der Waals surface area contributed by atoms with Gasteiger partial charge in [0.2, 0.25) is 0 Å². The predicted molar refractivity (Wildman–Crippen MR) is 71.9 cm³/mol. The summed E-state index contributed by atoms with van der Waals surface area (Å²) in [5.74, 6) is 1.05. The third-order valence-corrected chi connectivity index (χ3v) is 3.07. The van der Waals surface area contributed by atoms with Crippen molar-refractivity contribution >= 4 is 5.78 Å². The Kier molecular flexibility index (Phi) is 4.37. The first-order chi connectivity index (χ1) is 8.65. The number of Topliss-reactive ketones (excluding diaryl/α,β-unsaturated/α-hetero) is 1. The number of rotatable bonds is 7. The Morgan fingerprint density at radius 2 is 2.06 bits per heavy atom. The van der Waals surface area contributed by atoms with E-state index >= 15 is 0 Å². The lowest BCUT2D eigenvalue weighted by Gasteiger charge is -2.06. The highest BCUT2D eigenvalue weighted by Gasteiger charge is 2.23. The second-order valence-electron chi connectivity index (χ2n) is 5.13. The smallest absolute Gasteiger partial charge is 0.162 e. The van der Waals surface area contributed by atoms with Crippen LogP contribution in [0.5, 0.6) is 5.75 Å². The van der Waals surface area contributed by atoms with Crippen molar-refractivity contribution in [2.75, 3.05) is 0 Å². The third-order valence-electron chi connectivity index (χ3n) is 3.07. The molecule has 2 rings (SSSR count). The van der Waals surface area contributed by atoms with E-state index in [1.807, 2.05) is 31.2 Å². The largest absolute Gasteiger partial charge is 0.490 e. The molecule has 1 aliphatic rings. The molecule has 3 nitrogen and oxygen atoms in total. The van der Waals surface area contributed by atoms with Crippen LogP contribution >= 0.6 is 0 Å². The fourth-order valence-corrected chi connectivity index (χ4v) is 1.83. The summed E-state index contributed by atoms with van der Waals surface area (Å²) >= 11 is 0. The van der Waals surface area contributed by atoms with Crippen molar-refractivity contribution in [1.82, 2.24) is 0 Å². The van der Waals surface area contributed by atoms with Gasteiger partial charge in [0.1, 0.15) is 5.75 Å². The highest BCUT2D eigenvalue weighted by Crippen LogP contribution is 2.26. The molecule has 3 heteroatoms. The van der Waals surface area contributed by atoms with Gasteiger partial charge in [-0.1, -0.05) is 0 Å². The molecular formula is C15H21NO2. The van der Waals surface area contributed by atoms with Gasteiger partial charge in [-0.25, -0.2) is 0 Å². The first-order valence-corrected chi connectivity index (χ1v) is 6.70. The number of benzene rings is 1. The second-order valence-corrected chi connectivity index (χ2v) is 5.13. The van der Waals surface area contributed by atoms with E-state index in [0.29, 0.717) is 12.5 Å². The number of ether oxygens (including phenoxy) is 1. The molecule has 0 saturated heterocycles. The molecule has 0 spiro atoms. The van der Waals surface area contributed by atoms with E-state index in [1.54, 1.807) is 0 Å². The van der Waals surface area contributed by atoms with E-state index in [0.717, 1.165) is 37.0 Å². The average Bonchev–Trinajstić information content (AvgIpc) is 3.13. The predicted octanol–water partition coefficient (Wildman–Crippen LogP) is 2.93. The van der Waals surface area contributed by atoms with Gasteiger partial charge in [0, 0.05) is 18.0 Å². The molecule has 1 atom stereocenters. The maximum Gasteiger partial charge on any atom is 0.162 e. The van der Waals surface area contributed by atoms with Crippen LogP contribution in [0.3, 0.4) is 0 Å². The van der Waals surface area contributed by atoms with E-state index in [2.05, 4.69) is 0 Å². The maximum absolute atomic E-state index is 11.9. The number of hydrogen-bond acceptors (Lipinski definition) is 3. The van der Waals surface area contributed by atoms with Gasteiger partial charge in [-0.2, -0.15) is 0 Å². The molecule has 18 heavy (non-hydrogen) atoms. The second kappa shape index (κ2) is 6.01. The lowest BCUT2D eigenvalue weighted by molar-refractivity contribution is 0.0979. The van der Waals surface area contributed by atoms with Gasteiger partial charge in [0.15, 0.2) is 5.78 Å². The van der Waals surface area contributed by atoms with Gasteiger partial charge < -0.3 is 10.5 Å². The van der Waals surface area contributed by atoms with Crippen LogP contribution in [0.1, 0.15) is 49.4 Å². The summed E-state index contributed by atoms with van der Waals surface area (Å²) in [5.41, 5.74) is 6.43. The molecule has 2 N–H and O–H groups in total. The summed E-state index contributed by atoms with van der Waals surface area (Å²) in [6.07, 6.45) is 5.03. The van der Waals surface area contributed by atoms with Crippen LogP contribution in [0, 0.1) is 0 Å². The summed E-state index contributed by atoms with van der Waals surface area (Å²) in [5, 5.41) is 0. The summed E-state index contributed by atoms with van der Waals surface area (Å²) in [4.78, 5) is 11.9. The minimum absolute atomic E-state index is 0.173. The minimum Gasteiger partial charge on any atom is -0.490 e. The van der Waals surface area contributed by atoms with Crippen LogP contribution in [0.15, 0.2) is 24.3 Å². The van der Waals surface area contributed by atoms with Crippen LogP contribution in [0.25, 0.3) is 0 Å². The van der Waals surface area contributed by atoms with Crippen LogP contribution in [-0.4, -0.2) is 17.9 Å². The lowest BCUT2D eigenvalue weighted by Crippen LogP contribution is -2.14. The van der Waals surface area contributed by atoms with Crippen molar-refractivity contribution in [3.8, 4) is 5.75 Å². The maximum atomic E-state index is 11.9. The number of carbonyl (C=O) groups is 1. The minimum atomic E-state index is 0.173. The molecule has 98 valence electrons. The third kappa shape index (κ3) is 4.15. The topological polar surface area (TPSA) is 52.3 Å². The number of ketones is 1. The Morgan fingerprint density at radius 1 is 1.39 bits per heavy atom. The Hall–Kier alpha value is -1.35. The Balaban J connectivity index is 1.81. The summed E-state index contributed by atoms with van der Waals surface area (Å²) in [6, 6.07) is 7.65. The van der Waals surface area contributed by atoms with Gasteiger partial charge in [0.25, 0.3) is 0 Å². The molecular weight excluding hydrogens is 226 g/mol. The highest BCUT2D eigenvalue weighted by atomic mass is 16.5. The molecule has 1 fully saturated rings. The first kappa shape index (κ1) is 13.1. The fourth-order valence-electron chi connectivity index (χ4n) is 1.83. The van der Waals surface area contributed by atoms with E-state index in [1.165, 1.54) is 0 Å². The summed E-state index contributed by atoms with van der Waals surface area (Å²) in [7, 11) is 0. The van der Waals surface area contributed by atoms with Crippen molar-refractivity contribution in [3.63, 3.8) is 0 Å². The van der Waals surface area contributed by atoms with Gasteiger partial charge >= 0.3 is 0 Å². The molecule has 0 bridgehead atoms. The van der Waals surface area contributed by atoms with Gasteiger partial charge in [-0.15, -0.1) is 0 Å². The molecule has 1 saturated carbocycles. The van der Waals surface area contributed by atoms with Crippen LogP contribution < -0.4 is 10.5 Å². The van der Waals surface area contributed by atoms with E-state index < -0.39 is 0 Å². The lowest BCUT2D eigenvalue weighted by atomic mass is 10.0. The Morgan fingerprint density at radius 3 is 2.61 bits per heavy atom.